The van der Waals surface area contributed by atoms with Crippen molar-refractivity contribution in [3.8, 4) is 0 Å². The van der Waals surface area contributed by atoms with E-state index in [2.05, 4.69) is 17.6 Å². The molecule has 2 fully saturated rings. The predicted molar refractivity (Wildman–Crippen MR) is 116 cm³/mol. The van der Waals surface area contributed by atoms with Crippen molar-refractivity contribution >= 4 is 40.2 Å². The van der Waals surface area contributed by atoms with Crippen LogP contribution in [-0.4, -0.2) is 47.4 Å². The molecule has 1 spiro atoms. The second-order valence-corrected chi connectivity index (χ2v) is 9.89. The molecule has 0 bridgehead atoms. The molecule has 9 heteroatoms. The lowest BCUT2D eigenvalue weighted by atomic mass is 9.82. The van der Waals surface area contributed by atoms with Crippen LogP contribution in [0.4, 0.5) is 9.80 Å². The van der Waals surface area contributed by atoms with Gasteiger partial charge < -0.3 is 15.4 Å². The van der Waals surface area contributed by atoms with Gasteiger partial charge in [0.2, 0.25) is 5.91 Å². The molecule has 4 rings (SSSR count). The van der Waals surface area contributed by atoms with Crippen LogP contribution in [-0.2, 0) is 27.2 Å². The first-order valence-electron chi connectivity index (χ1n) is 11.1. The van der Waals surface area contributed by atoms with Gasteiger partial charge in [-0.25, -0.2) is 9.59 Å². The number of esters is 1. The predicted octanol–water partition coefficient (Wildman–Crippen LogP) is 3.24. The summed E-state index contributed by atoms with van der Waals surface area (Å²) in [4.78, 5) is 52.9. The molecule has 0 radical (unpaired) electrons. The molecule has 2 aliphatic carbocycles. The molecule has 0 aromatic carbocycles. The second-order valence-electron chi connectivity index (χ2n) is 8.79. The van der Waals surface area contributed by atoms with Gasteiger partial charge in [0, 0.05) is 4.88 Å². The molecule has 8 nitrogen and oxygen atoms in total. The van der Waals surface area contributed by atoms with Gasteiger partial charge in [0.1, 0.15) is 17.1 Å². The van der Waals surface area contributed by atoms with E-state index in [1.54, 1.807) is 6.92 Å². The van der Waals surface area contributed by atoms with Crippen molar-refractivity contribution in [1.29, 1.82) is 0 Å². The number of thiophene rings is 1. The molecule has 1 saturated heterocycles. The van der Waals surface area contributed by atoms with E-state index < -0.39 is 23.4 Å². The van der Waals surface area contributed by atoms with E-state index in [4.69, 9.17) is 4.74 Å². The molecule has 2 N–H and O–H groups in total. The number of imide groups is 1. The highest BCUT2D eigenvalue weighted by molar-refractivity contribution is 7.17. The Hall–Kier alpha value is -2.42. The van der Waals surface area contributed by atoms with Gasteiger partial charge in [-0.2, -0.15) is 0 Å². The number of hydrogen-bond acceptors (Lipinski definition) is 6. The Morgan fingerprint density at radius 1 is 1.26 bits per heavy atom. The summed E-state index contributed by atoms with van der Waals surface area (Å²) < 4.78 is 5.23. The van der Waals surface area contributed by atoms with Gasteiger partial charge in [0.05, 0.1) is 12.2 Å². The standard InChI is InChI=1S/C22H29N3O5S/c1-3-30-19(27)17-14-8-7-13(2)11-15(14)31-18(17)23-16(26)12-25-20(28)22(24-21(25)29)9-5-4-6-10-22/h13H,3-12H2,1-2H3,(H,23,26)(H,24,29). The molecule has 1 saturated carbocycles. The van der Waals surface area contributed by atoms with E-state index in [1.807, 2.05) is 0 Å². The van der Waals surface area contributed by atoms with Gasteiger partial charge in [-0.05, 0) is 50.5 Å². The van der Waals surface area contributed by atoms with Crippen molar-refractivity contribution in [2.75, 3.05) is 18.5 Å². The lowest BCUT2D eigenvalue weighted by molar-refractivity contribution is -0.134. The number of fused-ring (bicyclic) bond motifs is 1. The number of anilines is 1. The number of ether oxygens (including phenoxy) is 1. The van der Waals surface area contributed by atoms with Crippen LogP contribution in [0.5, 0.6) is 0 Å². The summed E-state index contributed by atoms with van der Waals surface area (Å²) in [7, 11) is 0. The lowest BCUT2D eigenvalue weighted by Crippen LogP contribution is -2.48. The first kappa shape index (κ1) is 21.8. The Labute approximate surface area is 185 Å². The van der Waals surface area contributed by atoms with Gasteiger partial charge in [-0.1, -0.05) is 26.2 Å². The minimum atomic E-state index is -0.857. The van der Waals surface area contributed by atoms with Crippen LogP contribution in [0.15, 0.2) is 0 Å². The first-order valence-corrected chi connectivity index (χ1v) is 11.9. The van der Waals surface area contributed by atoms with Crippen LogP contribution in [0, 0.1) is 5.92 Å². The molecule has 3 aliphatic rings. The highest BCUT2D eigenvalue weighted by atomic mass is 32.1. The molecular formula is C22H29N3O5S. The summed E-state index contributed by atoms with van der Waals surface area (Å²) in [5, 5.41) is 6.05. The first-order chi connectivity index (χ1) is 14.8. The number of urea groups is 1. The van der Waals surface area contributed by atoms with E-state index in [1.165, 1.54) is 11.3 Å². The van der Waals surface area contributed by atoms with E-state index in [-0.39, 0.29) is 19.1 Å². The summed E-state index contributed by atoms with van der Waals surface area (Å²) in [5.41, 5.74) is 0.514. The van der Waals surface area contributed by atoms with Crippen molar-refractivity contribution in [2.45, 2.75) is 70.8 Å². The number of nitrogens with zero attached hydrogens (tertiary/aromatic N) is 1. The van der Waals surface area contributed by atoms with Crippen molar-refractivity contribution < 1.29 is 23.9 Å². The third-order valence-electron chi connectivity index (χ3n) is 6.50. The Balaban J connectivity index is 1.51. The Bertz CT molecular complexity index is 918. The van der Waals surface area contributed by atoms with Crippen LogP contribution in [0.2, 0.25) is 0 Å². The Kier molecular flexibility index (Phi) is 6.05. The van der Waals surface area contributed by atoms with E-state index in [9.17, 15) is 19.2 Å². The van der Waals surface area contributed by atoms with Crippen LogP contribution in [0.25, 0.3) is 0 Å². The number of carbonyl (C=O) groups excluding carboxylic acids is 4. The zero-order valence-corrected chi connectivity index (χ0v) is 18.9. The number of rotatable bonds is 5. The van der Waals surface area contributed by atoms with Crippen LogP contribution in [0.1, 0.15) is 73.2 Å². The normalized spacial score (nSPS) is 22.3. The van der Waals surface area contributed by atoms with Crippen molar-refractivity contribution in [3.05, 3.63) is 16.0 Å². The molecular weight excluding hydrogens is 418 g/mol. The van der Waals surface area contributed by atoms with E-state index in [0.29, 0.717) is 29.3 Å². The molecule has 31 heavy (non-hydrogen) atoms. The minimum absolute atomic E-state index is 0.248. The van der Waals surface area contributed by atoms with Gasteiger partial charge in [0.15, 0.2) is 0 Å². The van der Waals surface area contributed by atoms with Crippen molar-refractivity contribution in [1.82, 2.24) is 10.2 Å². The second kappa shape index (κ2) is 8.61. The quantitative estimate of drug-likeness (QED) is 0.533. The molecule has 1 aromatic rings. The summed E-state index contributed by atoms with van der Waals surface area (Å²) in [5.74, 6) is -0.742. The zero-order valence-electron chi connectivity index (χ0n) is 18.0. The summed E-state index contributed by atoms with van der Waals surface area (Å²) in [6.45, 7) is 3.80. The van der Waals surface area contributed by atoms with Gasteiger partial charge in [-0.15, -0.1) is 11.3 Å². The fraction of sp³-hybridized carbons (Fsp3) is 0.636. The molecule has 1 atom stereocenters. The SMILES string of the molecule is CCOC(=O)c1c(NC(=O)CN2C(=O)NC3(CCCCC3)C2=O)sc2c1CCC(C)C2. The lowest BCUT2D eigenvalue weighted by Gasteiger charge is -2.30. The molecule has 2 heterocycles. The van der Waals surface area contributed by atoms with Crippen LogP contribution < -0.4 is 10.6 Å². The molecule has 1 aliphatic heterocycles. The fourth-order valence-corrected chi connectivity index (χ4v) is 6.30. The fourth-order valence-electron chi connectivity index (χ4n) is 4.88. The molecule has 1 unspecified atom stereocenters. The number of carbonyl (C=O) groups is 4. The van der Waals surface area contributed by atoms with Crippen LogP contribution >= 0.6 is 11.3 Å². The summed E-state index contributed by atoms with van der Waals surface area (Å²) in [6, 6.07) is -0.521. The zero-order chi connectivity index (χ0) is 22.2. The largest absolute Gasteiger partial charge is 0.462 e. The maximum atomic E-state index is 12.9. The van der Waals surface area contributed by atoms with E-state index >= 15 is 0 Å². The van der Waals surface area contributed by atoms with Crippen molar-refractivity contribution in [2.24, 2.45) is 5.92 Å². The highest BCUT2D eigenvalue weighted by Gasteiger charge is 2.51. The number of hydrogen-bond donors (Lipinski definition) is 2. The van der Waals surface area contributed by atoms with Crippen molar-refractivity contribution in [3.63, 3.8) is 0 Å². The van der Waals surface area contributed by atoms with Crippen LogP contribution in [0.3, 0.4) is 0 Å². The smallest absolute Gasteiger partial charge is 0.341 e. The third-order valence-corrected chi connectivity index (χ3v) is 7.67. The van der Waals surface area contributed by atoms with Gasteiger partial charge in [-0.3, -0.25) is 14.5 Å². The average molecular weight is 448 g/mol. The minimum Gasteiger partial charge on any atom is -0.462 e. The Morgan fingerprint density at radius 3 is 2.71 bits per heavy atom. The van der Waals surface area contributed by atoms with Gasteiger partial charge in [0.25, 0.3) is 5.91 Å². The average Bonchev–Trinajstić information content (AvgIpc) is 3.18. The highest BCUT2D eigenvalue weighted by Crippen LogP contribution is 2.40. The third kappa shape index (κ3) is 4.07. The molecule has 168 valence electrons. The topological polar surface area (TPSA) is 105 Å². The number of amides is 4. The maximum Gasteiger partial charge on any atom is 0.341 e. The molecule has 1 aromatic heterocycles. The maximum absolute atomic E-state index is 12.9. The monoisotopic (exact) mass is 447 g/mol. The molecule has 4 amide bonds. The Morgan fingerprint density at radius 2 is 2.00 bits per heavy atom. The van der Waals surface area contributed by atoms with Gasteiger partial charge >= 0.3 is 12.0 Å². The summed E-state index contributed by atoms with van der Waals surface area (Å²) >= 11 is 1.39. The van der Waals surface area contributed by atoms with E-state index in [0.717, 1.165) is 53.9 Å². The number of nitrogens with one attached hydrogen (secondary N) is 2. The summed E-state index contributed by atoms with van der Waals surface area (Å²) in [6.07, 6.45) is 6.64.